The Morgan fingerprint density at radius 2 is 2.38 bits per heavy atom. The number of hydrogen-bond acceptors (Lipinski definition) is 3. The van der Waals surface area contributed by atoms with Crippen molar-refractivity contribution in [1.82, 2.24) is 4.98 Å². The third kappa shape index (κ3) is 2.76. The number of thioether (sulfide) groups is 1. The van der Waals surface area contributed by atoms with Gasteiger partial charge in [0.05, 0.1) is 0 Å². The normalized spacial score (nSPS) is 25.0. The fourth-order valence-electron chi connectivity index (χ4n) is 2.23. The summed E-state index contributed by atoms with van der Waals surface area (Å²) >= 11 is 1.83. The summed E-state index contributed by atoms with van der Waals surface area (Å²) in [5.74, 6) is 0.827. The lowest BCUT2D eigenvalue weighted by Crippen LogP contribution is -2.15. The van der Waals surface area contributed by atoms with Gasteiger partial charge in [0.2, 0.25) is 0 Å². The molecule has 1 aliphatic carbocycles. The summed E-state index contributed by atoms with van der Waals surface area (Å²) in [5.41, 5.74) is 0.575. The van der Waals surface area contributed by atoms with Crippen LogP contribution < -0.4 is 0 Å². The predicted molar refractivity (Wildman–Crippen MR) is 66.2 cm³/mol. The van der Waals surface area contributed by atoms with Crippen molar-refractivity contribution < 1.29 is 0 Å². The van der Waals surface area contributed by atoms with Gasteiger partial charge in [-0.15, -0.1) is 11.8 Å². The number of nitrogens with zero attached hydrogens (tertiary/aromatic N) is 2. The van der Waals surface area contributed by atoms with E-state index in [1.165, 1.54) is 25.7 Å². The van der Waals surface area contributed by atoms with Crippen LogP contribution in [0.1, 0.15) is 38.3 Å². The second-order valence-corrected chi connectivity index (χ2v) is 5.82. The van der Waals surface area contributed by atoms with Crippen LogP contribution in [0.4, 0.5) is 0 Å². The van der Waals surface area contributed by atoms with E-state index in [2.05, 4.69) is 18.0 Å². The molecule has 0 aromatic carbocycles. The summed E-state index contributed by atoms with van der Waals surface area (Å²) in [6.07, 6.45) is 6.90. The smallest absolute Gasteiger partial charge is 0.153 e. The average Bonchev–Trinajstić information content (AvgIpc) is 2.30. The molecular weight excluding hydrogens is 216 g/mol. The molecule has 3 heteroatoms. The summed E-state index contributed by atoms with van der Waals surface area (Å²) in [5, 5.41) is 9.64. The van der Waals surface area contributed by atoms with Gasteiger partial charge in [-0.1, -0.05) is 19.8 Å². The molecule has 0 spiro atoms. The highest BCUT2D eigenvalue weighted by Crippen LogP contribution is 2.36. The second-order valence-electron chi connectivity index (χ2n) is 4.47. The lowest BCUT2D eigenvalue weighted by atomic mass is 9.91. The minimum absolute atomic E-state index is 0.575. The molecule has 0 saturated heterocycles. The predicted octanol–water partition coefficient (Wildman–Crippen LogP) is 3.62. The van der Waals surface area contributed by atoms with E-state index >= 15 is 0 Å². The Morgan fingerprint density at radius 3 is 3.12 bits per heavy atom. The lowest BCUT2D eigenvalue weighted by Gasteiger charge is -2.26. The highest BCUT2D eigenvalue weighted by Gasteiger charge is 2.20. The van der Waals surface area contributed by atoms with Gasteiger partial charge in [0, 0.05) is 16.3 Å². The van der Waals surface area contributed by atoms with Crippen LogP contribution in [-0.4, -0.2) is 10.2 Å². The molecule has 2 unspecified atom stereocenters. The Balaban J connectivity index is 2.06. The van der Waals surface area contributed by atoms with Crippen LogP contribution in [0.5, 0.6) is 0 Å². The monoisotopic (exact) mass is 232 g/mol. The maximum atomic E-state index is 8.97. The van der Waals surface area contributed by atoms with Crippen molar-refractivity contribution in [3.63, 3.8) is 0 Å². The molecule has 0 radical (unpaired) electrons. The SMILES string of the molecule is CC1CCCC(Sc2cccnc2C#N)C1. The zero-order valence-corrected chi connectivity index (χ0v) is 10.3. The first-order valence-electron chi connectivity index (χ1n) is 5.81. The fourth-order valence-corrected chi connectivity index (χ4v) is 3.67. The molecule has 0 aliphatic heterocycles. The van der Waals surface area contributed by atoms with Crippen molar-refractivity contribution in [1.29, 1.82) is 5.26 Å². The molecule has 16 heavy (non-hydrogen) atoms. The van der Waals surface area contributed by atoms with Crippen LogP contribution >= 0.6 is 11.8 Å². The fraction of sp³-hybridized carbons (Fsp3) is 0.538. The topological polar surface area (TPSA) is 36.7 Å². The number of hydrogen-bond donors (Lipinski definition) is 0. The molecule has 84 valence electrons. The molecule has 2 rings (SSSR count). The molecule has 0 N–H and O–H groups in total. The van der Waals surface area contributed by atoms with Crippen LogP contribution in [0, 0.1) is 17.2 Å². The Morgan fingerprint density at radius 1 is 1.50 bits per heavy atom. The third-order valence-corrected chi connectivity index (χ3v) is 4.40. The maximum Gasteiger partial charge on any atom is 0.153 e. The zero-order chi connectivity index (χ0) is 11.4. The number of nitriles is 1. The highest BCUT2D eigenvalue weighted by atomic mass is 32.2. The van der Waals surface area contributed by atoms with E-state index in [1.807, 2.05) is 23.9 Å². The zero-order valence-electron chi connectivity index (χ0n) is 9.52. The Kier molecular flexibility index (Phi) is 3.84. The van der Waals surface area contributed by atoms with E-state index in [1.54, 1.807) is 6.20 Å². The Labute approximate surface area is 101 Å². The van der Waals surface area contributed by atoms with Crippen molar-refractivity contribution in [2.45, 2.75) is 42.8 Å². The van der Waals surface area contributed by atoms with Gasteiger partial charge in [-0.25, -0.2) is 4.98 Å². The van der Waals surface area contributed by atoms with Gasteiger partial charge in [-0.05, 0) is 30.9 Å². The minimum Gasteiger partial charge on any atom is -0.244 e. The van der Waals surface area contributed by atoms with Gasteiger partial charge in [0.1, 0.15) is 6.07 Å². The molecule has 1 aliphatic rings. The molecular formula is C13H16N2S. The van der Waals surface area contributed by atoms with Gasteiger partial charge in [-0.2, -0.15) is 5.26 Å². The number of pyridine rings is 1. The van der Waals surface area contributed by atoms with Crippen LogP contribution in [0.3, 0.4) is 0 Å². The van der Waals surface area contributed by atoms with Gasteiger partial charge in [0.25, 0.3) is 0 Å². The van der Waals surface area contributed by atoms with E-state index in [4.69, 9.17) is 5.26 Å². The van der Waals surface area contributed by atoms with E-state index in [0.717, 1.165) is 10.8 Å². The van der Waals surface area contributed by atoms with Crippen LogP contribution in [-0.2, 0) is 0 Å². The van der Waals surface area contributed by atoms with Crippen LogP contribution in [0.15, 0.2) is 23.2 Å². The summed E-state index contributed by atoms with van der Waals surface area (Å²) in [7, 11) is 0. The average molecular weight is 232 g/mol. The van der Waals surface area contributed by atoms with Crippen LogP contribution in [0.2, 0.25) is 0 Å². The van der Waals surface area contributed by atoms with E-state index < -0.39 is 0 Å². The van der Waals surface area contributed by atoms with Gasteiger partial charge in [0.15, 0.2) is 5.69 Å². The van der Waals surface area contributed by atoms with E-state index in [0.29, 0.717) is 10.9 Å². The van der Waals surface area contributed by atoms with Crippen molar-refractivity contribution in [2.75, 3.05) is 0 Å². The lowest BCUT2D eigenvalue weighted by molar-refractivity contribution is 0.394. The number of aromatic nitrogens is 1. The van der Waals surface area contributed by atoms with Gasteiger partial charge in [-0.3, -0.25) is 0 Å². The molecule has 0 amide bonds. The van der Waals surface area contributed by atoms with Crippen molar-refractivity contribution in [3.05, 3.63) is 24.0 Å². The van der Waals surface area contributed by atoms with E-state index in [-0.39, 0.29) is 0 Å². The summed E-state index contributed by atoms with van der Waals surface area (Å²) < 4.78 is 0. The Bertz CT molecular complexity index is 397. The summed E-state index contributed by atoms with van der Waals surface area (Å²) in [4.78, 5) is 5.15. The summed E-state index contributed by atoms with van der Waals surface area (Å²) in [6, 6.07) is 6.09. The first-order valence-corrected chi connectivity index (χ1v) is 6.69. The maximum absolute atomic E-state index is 8.97. The summed E-state index contributed by atoms with van der Waals surface area (Å²) in [6.45, 7) is 2.32. The molecule has 1 aromatic heterocycles. The quantitative estimate of drug-likeness (QED) is 0.781. The third-order valence-electron chi connectivity index (χ3n) is 3.06. The molecule has 1 aromatic rings. The van der Waals surface area contributed by atoms with Crippen molar-refractivity contribution in [3.8, 4) is 6.07 Å². The van der Waals surface area contributed by atoms with E-state index in [9.17, 15) is 0 Å². The first kappa shape index (κ1) is 11.5. The van der Waals surface area contributed by atoms with Crippen molar-refractivity contribution in [2.24, 2.45) is 5.92 Å². The van der Waals surface area contributed by atoms with Crippen molar-refractivity contribution >= 4 is 11.8 Å². The molecule has 1 heterocycles. The number of rotatable bonds is 2. The largest absolute Gasteiger partial charge is 0.244 e. The molecule has 0 bridgehead atoms. The highest BCUT2D eigenvalue weighted by molar-refractivity contribution is 8.00. The van der Waals surface area contributed by atoms with Gasteiger partial charge < -0.3 is 0 Å². The molecule has 1 fully saturated rings. The minimum atomic E-state index is 0.575. The second kappa shape index (κ2) is 5.36. The Hall–Kier alpha value is -1.01. The van der Waals surface area contributed by atoms with Gasteiger partial charge >= 0.3 is 0 Å². The standard InChI is InChI=1S/C13H16N2S/c1-10-4-2-5-11(8-10)16-13-6-3-7-15-12(13)9-14/h3,6-7,10-11H,2,4-5,8H2,1H3. The molecule has 2 nitrogen and oxygen atoms in total. The molecule has 1 saturated carbocycles. The molecule has 2 atom stereocenters. The first-order chi connectivity index (χ1) is 7.79. The van der Waals surface area contributed by atoms with Crippen LogP contribution in [0.25, 0.3) is 0 Å².